The Labute approximate surface area is 126 Å². The first-order chi connectivity index (χ1) is 10.0. The van der Waals surface area contributed by atoms with Gasteiger partial charge in [-0.3, -0.25) is 9.59 Å². The van der Waals surface area contributed by atoms with Crippen molar-refractivity contribution in [2.45, 2.75) is 69.7 Å². The molecule has 5 heteroatoms. The third-order valence-electron chi connectivity index (χ3n) is 5.15. The van der Waals surface area contributed by atoms with E-state index in [9.17, 15) is 14.7 Å². The monoisotopic (exact) mass is 296 g/mol. The van der Waals surface area contributed by atoms with Crippen LogP contribution in [0.2, 0.25) is 0 Å². The quantitative estimate of drug-likeness (QED) is 0.724. The average Bonchev–Trinajstić information content (AvgIpc) is 2.45. The van der Waals surface area contributed by atoms with Crippen LogP contribution in [-0.2, 0) is 9.59 Å². The molecule has 21 heavy (non-hydrogen) atoms. The van der Waals surface area contributed by atoms with Crippen molar-refractivity contribution in [1.82, 2.24) is 5.32 Å². The van der Waals surface area contributed by atoms with Gasteiger partial charge in [-0.25, -0.2) is 0 Å². The summed E-state index contributed by atoms with van der Waals surface area (Å²) in [5.41, 5.74) is 5.94. The number of rotatable bonds is 5. The molecule has 1 amide bonds. The fourth-order valence-corrected chi connectivity index (χ4v) is 3.84. The summed E-state index contributed by atoms with van der Waals surface area (Å²) in [6.07, 6.45) is 9.30. The van der Waals surface area contributed by atoms with Crippen molar-refractivity contribution in [2.24, 2.45) is 17.6 Å². The van der Waals surface area contributed by atoms with Crippen molar-refractivity contribution < 1.29 is 14.7 Å². The summed E-state index contributed by atoms with van der Waals surface area (Å²) in [5, 5.41) is 12.2. The number of aliphatic carboxylic acids is 1. The molecule has 2 aliphatic rings. The Hall–Kier alpha value is -1.10. The first-order valence-electron chi connectivity index (χ1n) is 8.29. The van der Waals surface area contributed by atoms with Gasteiger partial charge in [0.15, 0.2) is 0 Å². The summed E-state index contributed by atoms with van der Waals surface area (Å²) in [6.45, 7) is 0.478. The number of nitrogens with one attached hydrogen (secondary N) is 1. The van der Waals surface area contributed by atoms with Crippen LogP contribution in [0.1, 0.15) is 64.2 Å². The molecule has 2 aliphatic carbocycles. The Bertz CT molecular complexity index is 378. The zero-order valence-electron chi connectivity index (χ0n) is 12.8. The molecule has 0 bridgehead atoms. The number of hydrogen-bond acceptors (Lipinski definition) is 3. The first-order valence-corrected chi connectivity index (χ1v) is 8.29. The highest BCUT2D eigenvalue weighted by molar-refractivity contribution is 5.77. The molecule has 2 atom stereocenters. The van der Waals surface area contributed by atoms with Gasteiger partial charge in [0.25, 0.3) is 0 Å². The smallest absolute Gasteiger partial charge is 0.306 e. The Morgan fingerprint density at radius 2 is 1.76 bits per heavy atom. The van der Waals surface area contributed by atoms with Crippen molar-refractivity contribution in [3.05, 3.63) is 0 Å². The molecule has 2 saturated carbocycles. The third kappa shape index (κ3) is 4.70. The predicted octanol–water partition coefficient (Wildman–Crippen LogP) is 2.05. The maximum atomic E-state index is 12.1. The lowest BCUT2D eigenvalue weighted by Crippen LogP contribution is -2.47. The van der Waals surface area contributed by atoms with Crippen LogP contribution in [0, 0.1) is 11.8 Å². The minimum absolute atomic E-state index is 0.0193. The van der Waals surface area contributed by atoms with Gasteiger partial charge in [0.05, 0.1) is 5.92 Å². The van der Waals surface area contributed by atoms with Gasteiger partial charge in [-0.2, -0.15) is 0 Å². The molecule has 0 aromatic heterocycles. The predicted molar refractivity (Wildman–Crippen MR) is 80.7 cm³/mol. The van der Waals surface area contributed by atoms with Crippen molar-refractivity contribution in [3.8, 4) is 0 Å². The second kappa shape index (κ2) is 7.25. The molecule has 0 aromatic rings. The Kier molecular flexibility index (Phi) is 5.62. The average molecular weight is 296 g/mol. The van der Waals surface area contributed by atoms with Crippen LogP contribution >= 0.6 is 0 Å². The first kappa shape index (κ1) is 16.3. The van der Waals surface area contributed by atoms with Gasteiger partial charge in [0, 0.05) is 18.5 Å². The number of carboxylic acid groups (broad SMARTS) is 1. The molecule has 5 nitrogen and oxygen atoms in total. The standard InChI is InChI=1S/C16H28N2O3/c17-16(8-4-1-5-9-16)10-14(19)18-11-12-6-2-3-7-13(12)15(20)21/h12-13H,1-11,17H2,(H,18,19)(H,20,21). The Morgan fingerprint density at radius 3 is 2.43 bits per heavy atom. The zero-order chi connectivity index (χ0) is 15.3. The summed E-state index contributed by atoms with van der Waals surface area (Å²) in [4.78, 5) is 23.3. The number of carbonyl (C=O) groups excluding carboxylic acids is 1. The van der Waals surface area contributed by atoms with Crippen LogP contribution < -0.4 is 11.1 Å². The fraction of sp³-hybridized carbons (Fsp3) is 0.875. The SMILES string of the molecule is NC1(CC(=O)NCC2CCCCC2C(=O)O)CCCCC1. The molecule has 120 valence electrons. The molecule has 4 N–H and O–H groups in total. The number of carboxylic acids is 1. The van der Waals surface area contributed by atoms with Crippen LogP contribution in [0.25, 0.3) is 0 Å². The lowest BCUT2D eigenvalue weighted by Gasteiger charge is -2.33. The van der Waals surface area contributed by atoms with E-state index in [1.807, 2.05) is 0 Å². The van der Waals surface area contributed by atoms with Gasteiger partial charge in [-0.1, -0.05) is 32.1 Å². The topological polar surface area (TPSA) is 92.4 Å². The van der Waals surface area contributed by atoms with E-state index < -0.39 is 5.97 Å². The summed E-state index contributed by atoms with van der Waals surface area (Å²) < 4.78 is 0. The summed E-state index contributed by atoms with van der Waals surface area (Å²) in [5.74, 6) is -0.980. The van der Waals surface area contributed by atoms with Crippen molar-refractivity contribution in [1.29, 1.82) is 0 Å². The second-order valence-electron chi connectivity index (χ2n) is 6.89. The summed E-state index contributed by atoms with van der Waals surface area (Å²) >= 11 is 0. The largest absolute Gasteiger partial charge is 0.481 e. The van der Waals surface area contributed by atoms with E-state index in [0.29, 0.717) is 13.0 Å². The van der Waals surface area contributed by atoms with E-state index >= 15 is 0 Å². The molecule has 0 spiro atoms. The lowest BCUT2D eigenvalue weighted by atomic mass is 9.78. The van der Waals surface area contributed by atoms with E-state index in [-0.39, 0.29) is 23.3 Å². The summed E-state index contributed by atoms with van der Waals surface area (Å²) in [6, 6.07) is 0. The van der Waals surface area contributed by atoms with Gasteiger partial charge in [0.1, 0.15) is 0 Å². The minimum atomic E-state index is -0.725. The highest BCUT2D eigenvalue weighted by atomic mass is 16.4. The van der Waals surface area contributed by atoms with Crippen molar-refractivity contribution >= 4 is 11.9 Å². The highest BCUT2D eigenvalue weighted by Crippen LogP contribution is 2.30. The van der Waals surface area contributed by atoms with E-state index in [0.717, 1.165) is 51.4 Å². The molecule has 0 saturated heterocycles. The fourth-order valence-electron chi connectivity index (χ4n) is 3.84. The molecule has 2 unspecified atom stereocenters. The van der Waals surface area contributed by atoms with Crippen LogP contribution in [-0.4, -0.2) is 29.1 Å². The summed E-state index contributed by atoms with van der Waals surface area (Å²) in [7, 11) is 0. The number of hydrogen-bond donors (Lipinski definition) is 3. The molecule has 2 fully saturated rings. The maximum absolute atomic E-state index is 12.1. The molecule has 0 aromatic carbocycles. The molecular formula is C16H28N2O3. The number of nitrogens with two attached hydrogens (primary N) is 1. The molecule has 0 radical (unpaired) electrons. The van der Waals surface area contributed by atoms with E-state index in [1.165, 1.54) is 6.42 Å². The number of carbonyl (C=O) groups is 2. The van der Waals surface area contributed by atoms with Gasteiger partial charge in [0.2, 0.25) is 5.91 Å². The molecule has 0 heterocycles. The number of amides is 1. The van der Waals surface area contributed by atoms with Crippen LogP contribution in [0.15, 0.2) is 0 Å². The third-order valence-corrected chi connectivity index (χ3v) is 5.15. The van der Waals surface area contributed by atoms with Gasteiger partial charge in [-0.15, -0.1) is 0 Å². The van der Waals surface area contributed by atoms with E-state index in [2.05, 4.69) is 5.32 Å². The van der Waals surface area contributed by atoms with Gasteiger partial charge < -0.3 is 16.2 Å². The van der Waals surface area contributed by atoms with Gasteiger partial charge >= 0.3 is 5.97 Å². The Morgan fingerprint density at radius 1 is 1.10 bits per heavy atom. The lowest BCUT2D eigenvalue weighted by molar-refractivity contribution is -0.145. The van der Waals surface area contributed by atoms with Crippen LogP contribution in [0.4, 0.5) is 0 Å². The zero-order valence-corrected chi connectivity index (χ0v) is 12.8. The van der Waals surface area contributed by atoms with E-state index in [4.69, 9.17) is 5.73 Å². The van der Waals surface area contributed by atoms with Crippen LogP contribution in [0.3, 0.4) is 0 Å². The van der Waals surface area contributed by atoms with Crippen molar-refractivity contribution in [3.63, 3.8) is 0 Å². The highest BCUT2D eigenvalue weighted by Gasteiger charge is 2.33. The molecule has 0 aliphatic heterocycles. The van der Waals surface area contributed by atoms with Crippen LogP contribution in [0.5, 0.6) is 0 Å². The minimum Gasteiger partial charge on any atom is -0.481 e. The normalized spacial score (nSPS) is 28.8. The second-order valence-corrected chi connectivity index (χ2v) is 6.89. The van der Waals surface area contributed by atoms with E-state index in [1.54, 1.807) is 0 Å². The van der Waals surface area contributed by atoms with Crippen molar-refractivity contribution in [2.75, 3.05) is 6.54 Å². The Balaban J connectivity index is 1.78. The maximum Gasteiger partial charge on any atom is 0.306 e. The van der Waals surface area contributed by atoms with Gasteiger partial charge in [-0.05, 0) is 31.6 Å². The molecular weight excluding hydrogens is 268 g/mol. The molecule has 2 rings (SSSR count).